The van der Waals surface area contributed by atoms with Crippen molar-refractivity contribution in [1.29, 1.82) is 0 Å². The Labute approximate surface area is 72.8 Å². The van der Waals surface area contributed by atoms with Gasteiger partial charge in [0.25, 0.3) is 0 Å². The van der Waals surface area contributed by atoms with Crippen molar-refractivity contribution in [3.63, 3.8) is 0 Å². The topological polar surface area (TPSA) is 12.4 Å². The van der Waals surface area contributed by atoms with Crippen molar-refractivity contribution >= 4 is 51.1 Å². The average molecular weight is 205 g/mol. The lowest BCUT2D eigenvalue weighted by molar-refractivity contribution is 0.877. The Morgan fingerprint density at radius 2 is 2.22 bits per heavy atom. The lowest BCUT2D eigenvalue weighted by atomic mass is 10.5. The van der Waals surface area contributed by atoms with Gasteiger partial charge in [0.2, 0.25) is 0 Å². The molecule has 0 aromatic carbocycles. The van der Waals surface area contributed by atoms with Gasteiger partial charge in [0.05, 0.1) is 6.54 Å². The van der Waals surface area contributed by atoms with E-state index < -0.39 is 4.33 Å². The van der Waals surface area contributed by atoms with Crippen molar-refractivity contribution in [2.24, 2.45) is 4.99 Å². The van der Waals surface area contributed by atoms with Crippen LogP contribution in [-0.2, 0) is 0 Å². The maximum absolute atomic E-state index is 5.72. The number of hydrogen-bond donors (Lipinski definition) is 0. The first-order valence-electron chi connectivity index (χ1n) is 2.31. The van der Waals surface area contributed by atoms with Gasteiger partial charge in [-0.1, -0.05) is 46.6 Å². The molecule has 0 N–H and O–H groups in total. The van der Waals surface area contributed by atoms with Gasteiger partial charge in [0.15, 0.2) is 4.50 Å². The van der Waals surface area contributed by atoms with Crippen LogP contribution in [0.15, 0.2) is 4.99 Å². The molecule has 1 rings (SSSR count). The molecule has 0 amide bonds. The minimum atomic E-state index is -0.705. The molecular weight excluding hydrogens is 200 g/mol. The molecule has 1 aliphatic rings. The average Bonchev–Trinajstić information content (AvgIpc) is 1.78. The lowest BCUT2D eigenvalue weighted by Gasteiger charge is -2.19. The zero-order chi connectivity index (χ0) is 6.91. The predicted molar refractivity (Wildman–Crippen MR) is 45.1 cm³/mol. The quantitative estimate of drug-likeness (QED) is 0.552. The summed E-state index contributed by atoms with van der Waals surface area (Å²) in [4.78, 5) is 3.86. The first-order chi connectivity index (χ1) is 4.10. The Morgan fingerprint density at radius 3 is 2.56 bits per heavy atom. The van der Waals surface area contributed by atoms with Crippen LogP contribution in [0.2, 0.25) is 0 Å². The SMILES string of the molecule is ClC1=NCC(Cl)(Cl)CS1. The Hall–Kier alpha value is 0.890. The zero-order valence-corrected chi connectivity index (χ0v) is 7.49. The molecule has 0 aromatic rings. The molecule has 52 valence electrons. The van der Waals surface area contributed by atoms with Gasteiger partial charge in [-0.3, -0.25) is 4.99 Å². The van der Waals surface area contributed by atoms with Crippen molar-refractivity contribution in [3.05, 3.63) is 0 Å². The van der Waals surface area contributed by atoms with E-state index in [-0.39, 0.29) is 0 Å². The van der Waals surface area contributed by atoms with Gasteiger partial charge in [0, 0.05) is 5.75 Å². The summed E-state index contributed by atoms with van der Waals surface area (Å²) < 4.78 is -0.157. The lowest BCUT2D eigenvalue weighted by Crippen LogP contribution is -2.24. The van der Waals surface area contributed by atoms with E-state index in [0.29, 0.717) is 16.8 Å². The second-order valence-corrected chi connectivity index (χ2v) is 4.90. The van der Waals surface area contributed by atoms with Gasteiger partial charge in [-0.15, -0.1) is 0 Å². The highest BCUT2D eigenvalue weighted by Gasteiger charge is 2.27. The third-order valence-electron chi connectivity index (χ3n) is 0.837. The van der Waals surface area contributed by atoms with Gasteiger partial charge >= 0.3 is 0 Å². The second kappa shape index (κ2) is 2.87. The van der Waals surface area contributed by atoms with Crippen molar-refractivity contribution in [3.8, 4) is 0 Å². The molecule has 1 nitrogen and oxygen atoms in total. The normalized spacial score (nSPS) is 25.4. The van der Waals surface area contributed by atoms with E-state index in [0.717, 1.165) is 0 Å². The number of aliphatic imine (C=N–C) groups is 1. The van der Waals surface area contributed by atoms with Crippen molar-refractivity contribution < 1.29 is 0 Å². The minimum Gasteiger partial charge on any atom is -0.264 e. The largest absolute Gasteiger partial charge is 0.264 e. The molecule has 0 bridgehead atoms. The van der Waals surface area contributed by atoms with Crippen LogP contribution < -0.4 is 0 Å². The first kappa shape index (κ1) is 7.99. The fraction of sp³-hybridized carbons (Fsp3) is 0.750. The summed E-state index contributed by atoms with van der Waals surface area (Å²) in [6, 6.07) is 0. The standard InChI is InChI=1S/C4H4Cl3NS/c5-3-8-1-4(6,7)2-9-3/h1-2H2. The molecule has 0 atom stereocenters. The van der Waals surface area contributed by atoms with Gasteiger partial charge < -0.3 is 0 Å². The Bertz CT molecular complexity index is 145. The highest BCUT2D eigenvalue weighted by molar-refractivity contribution is 8.17. The van der Waals surface area contributed by atoms with Crippen molar-refractivity contribution in [2.75, 3.05) is 12.3 Å². The molecule has 1 heterocycles. The van der Waals surface area contributed by atoms with Crippen LogP contribution in [0.25, 0.3) is 0 Å². The monoisotopic (exact) mass is 203 g/mol. The summed E-state index contributed by atoms with van der Waals surface area (Å²) >= 11 is 18.3. The highest BCUT2D eigenvalue weighted by Crippen LogP contribution is 2.31. The number of halogens is 3. The molecule has 0 radical (unpaired) electrons. The number of nitrogens with zero attached hydrogens (tertiary/aromatic N) is 1. The number of alkyl halides is 2. The van der Waals surface area contributed by atoms with Crippen LogP contribution in [0.1, 0.15) is 0 Å². The second-order valence-electron chi connectivity index (χ2n) is 1.71. The molecule has 5 heteroatoms. The van der Waals surface area contributed by atoms with Crippen LogP contribution >= 0.6 is 46.6 Å². The molecule has 9 heavy (non-hydrogen) atoms. The van der Waals surface area contributed by atoms with Crippen LogP contribution in [0.5, 0.6) is 0 Å². The fourth-order valence-electron chi connectivity index (χ4n) is 0.434. The Morgan fingerprint density at radius 1 is 1.56 bits per heavy atom. The van der Waals surface area contributed by atoms with E-state index in [4.69, 9.17) is 34.8 Å². The molecule has 0 unspecified atom stereocenters. The third kappa shape index (κ3) is 2.54. The number of hydrogen-bond acceptors (Lipinski definition) is 2. The van der Waals surface area contributed by atoms with E-state index >= 15 is 0 Å². The van der Waals surface area contributed by atoms with E-state index in [1.807, 2.05) is 0 Å². The zero-order valence-electron chi connectivity index (χ0n) is 4.40. The van der Waals surface area contributed by atoms with Crippen LogP contribution in [0.3, 0.4) is 0 Å². The molecule has 0 saturated heterocycles. The maximum atomic E-state index is 5.72. The van der Waals surface area contributed by atoms with Gasteiger partial charge in [-0.2, -0.15) is 0 Å². The summed E-state index contributed by atoms with van der Waals surface area (Å²) in [5, 5.41) is 0. The van der Waals surface area contributed by atoms with Crippen LogP contribution in [0.4, 0.5) is 0 Å². The van der Waals surface area contributed by atoms with Gasteiger partial charge in [-0.05, 0) is 0 Å². The highest BCUT2D eigenvalue weighted by atomic mass is 35.5. The fourth-order valence-corrected chi connectivity index (χ4v) is 1.68. The van der Waals surface area contributed by atoms with Crippen molar-refractivity contribution in [1.82, 2.24) is 0 Å². The summed E-state index contributed by atoms with van der Waals surface area (Å²) in [7, 11) is 0. The number of rotatable bonds is 0. The summed E-state index contributed by atoms with van der Waals surface area (Å²) in [6.45, 7) is 0.405. The van der Waals surface area contributed by atoms with E-state index in [1.54, 1.807) is 0 Å². The van der Waals surface area contributed by atoms with Gasteiger partial charge in [0.1, 0.15) is 4.33 Å². The third-order valence-corrected chi connectivity index (χ3v) is 3.11. The molecule has 1 aliphatic heterocycles. The first-order valence-corrected chi connectivity index (χ1v) is 4.43. The molecule has 0 aromatic heterocycles. The summed E-state index contributed by atoms with van der Waals surface area (Å²) in [5.41, 5.74) is 0. The smallest absolute Gasteiger partial charge is 0.158 e. The molecule has 0 saturated carbocycles. The van der Waals surface area contributed by atoms with Crippen molar-refractivity contribution in [2.45, 2.75) is 4.33 Å². The molecule has 0 fully saturated rings. The summed E-state index contributed by atoms with van der Waals surface area (Å²) in [6.07, 6.45) is 0. The molecule has 0 aliphatic carbocycles. The Balaban J connectivity index is 2.56. The summed E-state index contributed by atoms with van der Waals surface area (Å²) in [5.74, 6) is 0.623. The Kier molecular flexibility index (Phi) is 2.55. The van der Waals surface area contributed by atoms with E-state index in [9.17, 15) is 0 Å². The maximum Gasteiger partial charge on any atom is 0.158 e. The number of thioether (sulfide) groups is 1. The minimum absolute atomic E-state index is 0.405. The van der Waals surface area contributed by atoms with E-state index in [2.05, 4.69) is 4.99 Å². The molecular formula is C4H4Cl3NS. The van der Waals surface area contributed by atoms with Crippen LogP contribution in [-0.4, -0.2) is 21.1 Å². The molecule has 0 spiro atoms. The van der Waals surface area contributed by atoms with E-state index in [1.165, 1.54) is 11.8 Å². The van der Waals surface area contributed by atoms with Gasteiger partial charge in [-0.25, -0.2) is 0 Å². The predicted octanol–water partition coefficient (Wildman–Crippen LogP) is 2.50. The van der Waals surface area contributed by atoms with Crippen LogP contribution in [0, 0.1) is 0 Å².